The molecule has 0 aliphatic heterocycles. The molecule has 4 nitrogen and oxygen atoms in total. The first-order valence-corrected chi connectivity index (χ1v) is 7.38. The lowest BCUT2D eigenvalue weighted by Crippen LogP contribution is -2.04. The summed E-state index contributed by atoms with van der Waals surface area (Å²) in [6.45, 7) is 5.65. The molecule has 1 N–H and O–H groups in total. The van der Waals surface area contributed by atoms with Crippen LogP contribution < -0.4 is 10.1 Å². The number of nitrogens with one attached hydrogen (secondary N) is 1. The van der Waals surface area contributed by atoms with Crippen LogP contribution >= 0.6 is 11.5 Å². The van der Waals surface area contributed by atoms with Gasteiger partial charge >= 0.3 is 0 Å². The third kappa shape index (κ3) is 3.67. The standard InChI is InChI=1S/C14H19N3OS/c1-3-9-15-14-12(16-17-19-14)10-18-13-8-6-5-7-11(13)4-2/h5-8,15H,3-4,9-10H2,1-2H3. The van der Waals surface area contributed by atoms with E-state index in [0.29, 0.717) is 6.61 Å². The number of nitrogens with zero attached hydrogens (tertiary/aromatic N) is 2. The first-order chi connectivity index (χ1) is 9.35. The molecule has 0 amide bonds. The second-order valence-electron chi connectivity index (χ2n) is 4.23. The van der Waals surface area contributed by atoms with E-state index in [1.54, 1.807) is 0 Å². The molecule has 1 aromatic carbocycles. The van der Waals surface area contributed by atoms with Gasteiger partial charge in [0.25, 0.3) is 0 Å². The van der Waals surface area contributed by atoms with Gasteiger partial charge in [0.2, 0.25) is 0 Å². The van der Waals surface area contributed by atoms with Crippen LogP contribution in [-0.4, -0.2) is 16.1 Å². The molecule has 0 aliphatic carbocycles. The zero-order valence-corrected chi connectivity index (χ0v) is 12.2. The number of aryl methyl sites for hydroxylation is 1. The summed E-state index contributed by atoms with van der Waals surface area (Å²) < 4.78 is 9.84. The Morgan fingerprint density at radius 2 is 2.11 bits per heavy atom. The van der Waals surface area contributed by atoms with Crippen molar-refractivity contribution in [2.45, 2.75) is 33.3 Å². The predicted molar refractivity (Wildman–Crippen MR) is 78.8 cm³/mol. The third-order valence-corrected chi connectivity index (χ3v) is 3.54. The summed E-state index contributed by atoms with van der Waals surface area (Å²) >= 11 is 1.38. The Bertz CT molecular complexity index is 513. The molecule has 0 aliphatic rings. The highest BCUT2D eigenvalue weighted by atomic mass is 32.1. The number of rotatable bonds is 7. The van der Waals surface area contributed by atoms with Crippen LogP contribution in [-0.2, 0) is 13.0 Å². The van der Waals surface area contributed by atoms with E-state index in [0.717, 1.165) is 35.8 Å². The largest absolute Gasteiger partial charge is 0.487 e. The molecule has 0 unspecified atom stereocenters. The molecule has 2 aromatic rings. The van der Waals surface area contributed by atoms with Crippen LogP contribution in [0.5, 0.6) is 5.75 Å². The maximum atomic E-state index is 5.86. The van der Waals surface area contributed by atoms with Crippen molar-refractivity contribution in [3.05, 3.63) is 35.5 Å². The summed E-state index contributed by atoms with van der Waals surface area (Å²) in [6, 6.07) is 8.11. The molecule has 0 saturated heterocycles. The fourth-order valence-electron chi connectivity index (χ4n) is 1.76. The molecular formula is C14H19N3OS. The summed E-state index contributed by atoms with van der Waals surface area (Å²) in [7, 11) is 0. The number of benzene rings is 1. The molecule has 2 rings (SSSR count). The van der Waals surface area contributed by atoms with Crippen molar-refractivity contribution < 1.29 is 4.74 Å². The Kier molecular flexibility index (Phi) is 5.15. The van der Waals surface area contributed by atoms with Crippen molar-refractivity contribution in [2.75, 3.05) is 11.9 Å². The Labute approximate surface area is 118 Å². The Morgan fingerprint density at radius 1 is 1.26 bits per heavy atom. The predicted octanol–water partition coefficient (Wildman–Crippen LogP) is 3.50. The summed E-state index contributed by atoms with van der Waals surface area (Å²) in [5, 5.41) is 8.45. The number of anilines is 1. The molecule has 1 aromatic heterocycles. The highest BCUT2D eigenvalue weighted by Crippen LogP contribution is 2.22. The van der Waals surface area contributed by atoms with Gasteiger partial charge in [0.05, 0.1) is 0 Å². The minimum absolute atomic E-state index is 0.458. The number of para-hydroxylation sites is 1. The van der Waals surface area contributed by atoms with E-state index in [1.165, 1.54) is 17.1 Å². The quantitative estimate of drug-likeness (QED) is 0.841. The van der Waals surface area contributed by atoms with Crippen molar-refractivity contribution in [3.8, 4) is 5.75 Å². The number of hydrogen-bond acceptors (Lipinski definition) is 5. The molecule has 1 heterocycles. The van der Waals surface area contributed by atoms with E-state index in [4.69, 9.17) is 4.74 Å². The van der Waals surface area contributed by atoms with Crippen LogP contribution in [0.15, 0.2) is 24.3 Å². The lowest BCUT2D eigenvalue weighted by Gasteiger charge is -2.09. The van der Waals surface area contributed by atoms with Gasteiger partial charge in [-0.1, -0.05) is 36.5 Å². The van der Waals surface area contributed by atoms with Crippen LogP contribution in [0.1, 0.15) is 31.5 Å². The molecule has 0 saturated carbocycles. The van der Waals surface area contributed by atoms with E-state index < -0.39 is 0 Å². The molecule has 0 bridgehead atoms. The molecule has 19 heavy (non-hydrogen) atoms. The smallest absolute Gasteiger partial charge is 0.136 e. The van der Waals surface area contributed by atoms with E-state index >= 15 is 0 Å². The van der Waals surface area contributed by atoms with Gasteiger partial charge in [-0.3, -0.25) is 0 Å². The van der Waals surface area contributed by atoms with Gasteiger partial charge in [0.15, 0.2) is 0 Å². The van der Waals surface area contributed by atoms with Crippen molar-refractivity contribution in [1.29, 1.82) is 0 Å². The lowest BCUT2D eigenvalue weighted by molar-refractivity contribution is 0.299. The number of hydrogen-bond donors (Lipinski definition) is 1. The maximum absolute atomic E-state index is 5.86. The molecule has 0 radical (unpaired) electrons. The SMILES string of the molecule is CCCNc1snnc1COc1ccccc1CC. The molecule has 0 atom stereocenters. The highest BCUT2D eigenvalue weighted by molar-refractivity contribution is 7.10. The van der Waals surface area contributed by atoms with Gasteiger partial charge in [0, 0.05) is 18.1 Å². The van der Waals surface area contributed by atoms with E-state index in [-0.39, 0.29) is 0 Å². The molecular weight excluding hydrogens is 258 g/mol. The molecule has 102 valence electrons. The summed E-state index contributed by atoms with van der Waals surface area (Å²) in [5.41, 5.74) is 2.10. The van der Waals surface area contributed by atoms with E-state index in [1.807, 2.05) is 18.2 Å². The van der Waals surface area contributed by atoms with Crippen molar-refractivity contribution >= 4 is 16.5 Å². The minimum Gasteiger partial charge on any atom is -0.487 e. The maximum Gasteiger partial charge on any atom is 0.136 e. The fraction of sp³-hybridized carbons (Fsp3) is 0.429. The number of ether oxygens (including phenoxy) is 1. The Hall–Kier alpha value is -1.62. The van der Waals surface area contributed by atoms with Crippen LogP contribution in [0.3, 0.4) is 0 Å². The van der Waals surface area contributed by atoms with Gasteiger partial charge < -0.3 is 10.1 Å². The molecule has 0 fully saturated rings. The first kappa shape index (κ1) is 13.8. The van der Waals surface area contributed by atoms with Gasteiger partial charge in [-0.25, -0.2) is 0 Å². The van der Waals surface area contributed by atoms with Gasteiger partial charge in [-0.15, -0.1) is 5.10 Å². The summed E-state index contributed by atoms with van der Waals surface area (Å²) in [4.78, 5) is 0. The zero-order chi connectivity index (χ0) is 13.5. The average Bonchev–Trinajstić information content (AvgIpc) is 2.90. The third-order valence-electron chi connectivity index (χ3n) is 2.81. The first-order valence-electron chi connectivity index (χ1n) is 6.61. The topological polar surface area (TPSA) is 47.0 Å². The van der Waals surface area contributed by atoms with E-state index in [9.17, 15) is 0 Å². The van der Waals surface area contributed by atoms with Crippen molar-refractivity contribution in [1.82, 2.24) is 9.59 Å². The van der Waals surface area contributed by atoms with Crippen molar-refractivity contribution in [2.24, 2.45) is 0 Å². The number of aromatic nitrogens is 2. The van der Waals surface area contributed by atoms with Crippen LogP contribution in [0, 0.1) is 0 Å². The fourth-order valence-corrected chi connectivity index (χ4v) is 2.35. The highest BCUT2D eigenvalue weighted by Gasteiger charge is 2.09. The van der Waals surface area contributed by atoms with Gasteiger partial charge in [-0.05, 0) is 24.5 Å². The van der Waals surface area contributed by atoms with E-state index in [2.05, 4.69) is 34.8 Å². The van der Waals surface area contributed by atoms with Gasteiger partial charge in [-0.2, -0.15) is 0 Å². The normalized spacial score (nSPS) is 10.4. The summed E-state index contributed by atoms with van der Waals surface area (Å²) in [6.07, 6.45) is 2.04. The van der Waals surface area contributed by atoms with Gasteiger partial charge in [0.1, 0.15) is 23.1 Å². The minimum atomic E-state index is 0.458. The van der Waals surface area contributed by atoms with Crippen LogP contribution in [0.25, 0.3) is 0 Å². The summed E-state index contributed by atoms with van der Waals surface area (Å²) in [5.74, 6) is 0.930. The monoisotopic (exact) mass is 277 g/mol. The van der Waals surface area contributed by atoms with Crippen molar-refractivity contribution in [3.63, 3.8) is 0 Å². The Balaban J connectivity index is 2.00. The van der Waals surface area contributed by atoms with Crippen LogP contribution in [0.4, 0.5) is 5.00 Å². The molecule has 5 heteroatoms. The van der Waals surface area contributed by atoms with Crippen LogP contribution in [0.2, 0.25) is 0 Å². The Morgan fingerprint density at radius 3 is 2.89 bits per heavy atom. The average molecular weight is 277 g/mol. The second-order valence-corrected chi connectivity index (χ2v) is 4.98. The molecule has 0 spiro atoms. The zero-order valence-electron chi connectivity index (χ0n) is 11.3. The lowest BCUT2D eigenvalue weighted by atomic mass is 10.1. The second kappa shape index (κ2) is 7.09.